The molecule has 4 amide bonds. The summed E-state index contributed by atoms with van der Waals surface area (Å²) in [5.41, 5.74) is 6.58. The zero-order valence-corrected chi connectivity index (χ0v) is 30.7. The van der Waals surface area contributed by atoms with Gasteiger partial charge in [-0.05, 0) is 95.9 Å². The zero-order valence-electron chi connectivity index (χ0n) is 26.9. The van der Waals surface area contributed by atoms with Crippen molar-refractivity contribution >= 4 is 73.8 Å². The summed E-state index contributed by atoms with van der Waals surface area (Å²) in [6, 6.07) is 4.06. The van der Waals surface area contributed by atoms with E-state index in [0.717, 1.165) is 46.8 Å². The monoisotopic (exact) mass is 814 g/mol. The van der Waals surface area contributed by atoms with E-state index in [1.165, 1.54) is 4.90 Å². The number of benzene rings is 1. The molecule has 16 heteroatoms. The molecule has 0 spiro atoms. The highest BCUT2D eigenvalue weighted by molar-refractivity contribution is 14.1. The predicted molar refractivity (Wildman–Crippen MR) is 188 cm³/mol. The summed E-state index contributed by atoms with van der Waals surface area (Å²) < 4.78 is 34.5. The average molecular weight is 815 g/mol. The second kappa shape index (κ2) is 13.9. The maximum absolute atomic E-state index is 14.3. The van der Waals surface area contributed by atoms with Crippen molar-refractivity contribution < 1.29 is 32.3 Å². The van der Waals surface area contributed by atoms with Crippen LogP contribution < -0.4 is 21.1 Å². The molecule has 0 aromatic heterocycles. The zero-order chi connectivity index (χ0) is 34.4. The van der Waals surface area contributed by atoms with E-state index in [4.69, 9.17) is 22.7 Å². The lowest BCUT2D eigenvalue weighted by molar-refractivity contribution is -0.142. The molecule has 48 heavy (non-hydrogen) atoms. The molecule has 0 radical (unpaired) electrons. The van der Waals surface area contributed by atoms with E-state index >= 15 is 0 Å². The first-order valence-electron chi connectivity index (χ1n) is 16.8. The lowest BCUT2D eigenvalue weighted by Crippen LogP contribution is -2.59. The number of nitrogens with zero attached hydrogens (tertiary/aromatic N) is 2. The summed E-state index contributed by atoms with van der Waals surface area (Å²) in [5.74, 6) is -2.05. The molecule has 5 atom stereocenters. The number of amides is 4. The van der Waals surface area contributed by atoms with Gasteiger partial charge >= 0.3 is 6.09 Å². The fourth-order valence-corrected chi connectivity index (χ4v) is 9.79. The molecular formula is C32H43IN6O7S2. The number of likely N-dealkylation sites (tertiary alicyclic amines) is 1. The highest BCUT2D eigenvalue weighted by Gasteiger charge is 2.62. The molecule has 0 bridgehead atoms. The summed E-state index contributed by atoms with van der Waals surface area (Å²) >= 11 is 7.39. The van der Waals surface area contributed by atoms with Gasteiger partial charge in [0.2, 0.25) is 21.8 Å². The minimum atomic E-state index is -3.84. The van der Waals surface area contributed by atoms with Crippen LogP contribution in [0.5, 0.6) is 0 Å². The Morgan fingerprint density at radius 1 is 1.12 bits per heavy atom. The number of halogens is 1. The van der Waals surface area contributed by atoms with E-state index < -0.39 is 56.9 Å². The summed E-state index contributed by atoms with van der Waals surface area (Å²) in [4.78, 5) is 58.3. The Hall–Kier alpha value is -2.73. The van der Waals surface area contributed by atoms with Gasteiger partial charge in [-0.25, -0.2) is 13.2 Å². The predicted octanol–water partition coefficient (Wildman–Crippen LogP) is 2.39. The van der Waals surface area contributed by atoms with Crippen LogP contribution in [0.25, 0.3) is 0 Å². The number of ether oxygens (including phenoxy) is 1. The molecule has 2 aliphatic heterocycles. The molecule has 4 fully saturated rings. The minimum Gasteiger partial charge on any atom is -0.444 e. The number of carbonyl (C=O) groups excluding carboxylic acids is 4. The van der Waals surface area contributed by atoms with Gasteiger partial charge in [0.15, 0.2) is 5.11 Å². The number of rotatable bonds is 10. The largest absolute Gasteiger partial charge is 0.444 e. The fourth-order valence-electron chi connectivity index (χ4n) is 7.58. The summed E-state index contributed by atoms with van der Waals surface area (Å²) in [5, 5.41) is 5.20. The molecule has 5 N–H and O–H groups in total. The van der Waals surface area contributed by atoms with Crippen molar-refractivity contribution in [3.8, 4) is 0 Å². The van der Waals surface area contributed by atoms with E-state index in [1.807, 2.05) is 25.1 Å². The molecule has 13 nitrogen and oxygen atoms in total. The van der Waals surface area contributed by atoms with E-state index in [1.54, 1.807) is 4.90 Å². The molecule has 1 aromatic rings. The van der Waals surface area contributed by atoms with Gasteiger partial charge in [-0.3, -0.25) is 24.0 Å². The standard InChI is InChI=1S/C32H43IN6O7S2/c1-2-20-14-32(20,29(42)37-48(44,45)22-11-12-22)36-27(40)25-13-21(46-31(43)38-15-19-9-6-10-24(33)23(19)17-38)16-39(25)28(41)26(35-30(34)47)18-7-4-3-5-8-18/h6,9-10,18,20-22,25-26H,2-5,7-8,11-17H2,1H3,(H,36,40)(H,37,42)(H3,34,35,47)/t20-,21-,25+,26+,32-/m1/s1. The summed E-state index contributed by atoms with van der Waals surface area (Å²) in [6.45, 7) is 2.63. The normalized spacial score (nSPS) is 27.5. The molecule has 6 rings (SSSR count). The Balaban J connectivity index is 1.22. The molecular weight excluding hydrogens is 771 g/mol. The van der Waals surface area contributed by atoms with Crippen LogP contribution in [0.2, 0.25) is 0 Å². The van der Waals surface area contributed by atoms with Crippen LogP contribution in [0, 0.1) is 15.4 Å². The van der Waals surface area contributed by atoms with Gasteiger partial charge in [-0.1, -0.05) is 44.7 Å². The first kappa shape index (κ1) is 35.1. The Kier molecular flexibility index (Phi) is 10.2. The van der Waals surface area contributed by atoms with Gasteiger partial charge in [-0.15, -0.1) is 0 Å². The van der Waals surface area contributed by atoms with Gasteiger partial charge in [0, 0.05) is 16.5 Å². The lowest BCUT2D eigenvalue weighted by Gasteiger charge is -2.35. The molecule has 5 aliphatic rings. The van der Waals surface area contributed by atoms with Crippen molar-refractivity contribution in [2.75, 3.05) is 6.54 Å². The fraction of sp³-hybridized carbons (Fsp3) is 0.656. The molecule has 2 heterocycles. The second-order valence-electron chi connectivity index (χ2n) is 13.8. The van der Waals surface area contributed by atoms with Crippen LogP contribution in [-0.2, 0) is 42.2 Å². The second-order valence-corrected chi connectivity index (χ2v) is 17.4. The van der Waals surface area contributed by atoms with Crippen LogP contribution in [0.1, 0.15) is 82.3 Å². The first-order valence-corrected chi connectivity index (χ1v) is 19.8. The number of sulfonamides is 1. The number of fused-ring (bicyclic) bond motifs is 1. The van der Waals surface area contributed by atoms with Gasteiger partial charge in [0.05, 0.1) is 18.3 Å². The third-order valence-electron chi connectivity index (χ3n) is 10.5. The van der Waals surface area contributed by atoms with E-state index in [2.05, 4.69) is 37.9 Å². The van der Waals surface area contributed by atoms with Crippen molar-refractivity contribution in [1.29, 1.82) is 0 Å². The van der Waals surface area contributed by atoms with Gasteiger partial charge in [0.1, 0.15) is 23.7 Å². The van der Waals surface area contributed by atoms with E-state index in [9.17, 15) is 27.6 Å². The third-order valence-corrected chi connectivity index (χ3v) is 13.5. The van der Waals surface area contributed by atoms with Crippen molar-refractivity contribution in [1.82, 2.24) is 25.2 Å². The number of carbonyl (C=O) groups is 4. The Labute approximate surface area is 300 Å². The average Bonchev–Trinajstić information content (AvgIpc) is 3.94. The highest BCUT2D eigenvalue weighted by atomic mass is 127. The van der Waals surface area contributed by atoms with Crippen LogP contribution in [0.4, 0.5) is 4.79 Å². The van der Waals surface area contributed by atoms with Crippen LogP contribution in [0.3, 0.4) is 0 Å². The minimum absolute atomic E-state index is 0.0148. The van der Waals surface area contributed by atoms with E-state index in [-0.39, 0.29) is 42.2 Å². The van der Waals surface area contributed by atoms with Gasteiger partial charge in [-0.2, -0.15) is 0 Å². The Bertz CT molecular complexity index is 1600. The third kappa shape index (κ3) is 7.25. The molecule has 0 unspecified atom stereocenters. The molecule has 3 aliphatic carbocycles. The number of hydrogen-bond donors (Lipinski definition) is 4. The number of nitrogens with two attached hydrogens (primary N) is 1. The first-order chi connectivity index (χ1) is 22.8. The molecule has 1 aromatic carbocycles. The van der Waals surface area contributed by atoms with Crippen LogP contribution >= 0.6 is 34.8 Å². The smallest absolute Gasteiger partial charge is 0.410 e. The Morgan fingerprint density at radius 3 is 2.48 bits per heavy atom. The van der Waals surface area contributed by atoms with Crippen LogP contribution in [-0.4, -0.2) is 82.7 Å². The number of hydrogen-bond acceptors (Lipinski definition) is 8. The maximum atomic E-state index is 14.3. The molecule has 1 saturated heterocycles. The quantitative estimate of drug-likeness (QED) is 0.203. The van der Waals surface area contributed by atoms with Gasteiger partial charge < -0.3 is 26.0 Å². The summed E-state index contributed by atoms with van der Waals surface area (Å²) in [7, 11) is -3.84. The Morgan fingerprint density at radius 2 is 1.85 bits per heavy atom. The number of nitrogens with one attached hydrogen (secondary N) is 3. The SMILES string of the molecule is CC[C@@H]1C[C@]1(NC(=O)[C@@H]1C[C@@H](OC(=O)N2Cc3cccc(I)c3C2)CN1C(=O)[C@@H](NC(N)=S)C1CCCCC1)C(=O)NS(=O)(=O)C1CC1. The lowest BCUT2D eigenvalue weighted by atomic mass is 9.83. The van der Waals surface area contributed by atoms with Crippen LogP contribution in [0.15, 0.2) is 18.2 Å². The topological polar surface area (TPSA) is 180 Å². The highest BCUT2D eigenvalue weighted by Crippen LogP contribution is 2.47. The number of thiocarbonyl (C=S) groups is 1. The maximum Gasteiger partial charge on any atom is 0.410 e. The van der Waals surface area contributed by atoms with Crippen molar-refractivity contribution in [3.63, 3.8) is 0 Å². The van der Waals surface area contributed by atoms with Gasteiger partial charge in [0.25, 0.3) is 5.91 Å². The molecule has 3 saturated carbocycles. The van der Waals surface area contributed by atoms with Crippen molar-refractivity contribution in [3.05, 3.63) is 32.9 Å². The molecule has 262 valence electrons. The van der Waals surface area contributed by atoms with Crippen molar-refractivity contribution in [2.45, 2.75) is 113 Å². The van der Waals surface area contributed by atoms with Crippen molar-refractivity contribution in [2.24, 2.45) is 17.6 Å². The van der Waals surface area contributed by atoms with E-state index in [0.29, 0.717) is 32.4 Å². The summed E-state index contributed by atoms with van der Waals surface area (Å²) in [6.07, 6.45) is 5.04.